The Bertz CT molecular complexity index is 1600. The molecule has 0 bridgehead atoms. The number of carbonyl (C=O) groups is 2. The highest BCUT2D eigenvalue weighted by atomic mass is 16.5. The van der Waals surface area contributed by atoms with Gasteiger partial charge in [-0.05, 0) is 55.1 Å². The minimum Gasteiger partial charge on any atom is -0.507 e. The summed E-state index contributed by atoms with van der Waals surface area (Å²) in [6.07, 6.45) is 0. The smallest absolute Gasteiger partial charge is 0.300 e. The monoisotopic (exact) mass is 509 g/mol. The fourth-order valence-corrected chi connectivity index (χ4v) is 4.94. The number of nitrogens with zero attached hydrogens (tertiary/aromatic N) is 1. The number of phenolic OH excluding ortho intramolecular Hbond substituents is 1. The van der Waals surface area contributed by atoms with E-state index < -0.39 is 17.7 Å². The van der Waals surface area contributed by atoms with Gasteiger partial charge in [0.1, 0.15) is 11.5 Å². The van der Waals surface area contributed by atoms with Crippen LogP contribution < -0.4 is 14.4 Å². The number of anilines is 1. The van der Waals surface area contributed by atoms with Crippen molar-refractivity contribution in [2.75, 3.05) is 18.6 Å². The Labute approximate surface area is 220 Å². The zero-order valence-electron chi connectivity index (χ0n) is 21.3. The van der Waals surface area contributed by atoms with Crippen LogP contribution in [0.15, 0.2) is 84.4 Å². The van der Waals surface area contributed by atoms with E-state index >= 15 is 0 Å². The van der Waals surface area contributed by atoms with Crippen LogP contribution >= 0.6 is 0 Å². The van der Waals surface area contributed by atoms with Crippen LogP contribution in [0.3, 0.4) is 0 Å². The Morgan fingerprint density at radius 2 is 1.71 bits per heavy atom. The fraction of sp³-hybridized carbons (Fsp3) is 0.161. The number of aliphatic hydroxyl groups is 1. The summed E-state index contributed by atoms with van der Waals surface area (Å²) in [6.45, 7) is 3.95. The minimum absolute atomic E-state index is 0.0712. The second kappa shape index (κ2) is 9.94. The summed E-state index contributed by atoms with van der Waals surface area (Å²) in [7, 11) is 1.47. The van der Waals surface area contributed by atoms with Crippen molar-refractivity contribution in [2.24, 2.45) is 0 Å². The number of ether oxygens (including phenoxy) is 2. The quantitative estimate of drug-likeness (QED) is 0.191. The first-order valence-electron chi connectivity index (χ1n) is 12.2. The first-order chi connectivity index (χ1) is 18.3. The van der Waals surface area contributed by atoms with Crippen molar-refractivity contribution in [2.45, 2.75) is 19.9 Å². The lowest BCUT2D eigenvalue weighted by Gasteiger charge is -2.27. The molecule has 2 N–H and O–H groups in total. The molecule has 0 radical (unpaired) electrons. The van der Waals surface area contributed by atoms with Crippen LogP contribution in [-0.4, -0.2) is 35.6 Å². The number of aliphatic hydroxyl groups excluding tert-OH is 1. The molecule has 7 nitrogen and oxygen atoms in total. The van der Waals surface area contributed by atoms with Gasteiger partial charge in [-0.2, -0.15) is 0 Å². The van der Waals surface area contributed by atoms with E-state index in [2.05, 4.69) is 0 Å². The highest BCUT2D eigenvalue weighted by Gasteiger charge is 2.47. The second-order valence-corrected chi connectivity index (χ2v) is 9.03. The Morgan fingerprint density at radius 1 is 0.947 bits per heavy atom. The average molecular weight is 510 g/mol. The maximum atomic E-state index is 13.7. The van der Waals surface area contributed by atoms with Crippen LogP contribution in [0.25, 0.3) is 16.5 Å². The number of Topliss-reactive ketones (excluding diaryl/α,β-unsaturated/α-hetero) is 1. The summed E-state index contributed by atoms with van der Waals surface area (Å²) in [4.78, 5) is 28.8. The number of fused-ring (bicyclic) bond motifs is 1. The normalized spacial score (nSPS) is 16.7. The van der Waals surface area contributed by atoms with Gasteiger partial charge in [0.2, 0.25) is 0 Å². The van der Waals surface area contributed by atoms with E-state index in [4.69, 9.17) is 9.47 Å². The molecule has 0 saturated carbocycles. The van der Waals surface area contributed by atoms with Crippen molar-refractivity contribution in [1.82, 2.24) is 0 Å². The maximum absolute atomic E-state index is 13.7. The lowest BCUT2D eigenvalue weighted by atomic mass is 9.93. The van der Waals surface area contributed by atoms with Crippen molar-refractivity contribution in [3.8, 4) is 17.2 Å². The van der Waals surface area contributed by atoms with E-state index in [0.717, 1.165) is 16.3 Å². The SMILES string of the molecule is CCOc1cc(C2/C(=C(\O)c3cc(C)ccc3OC)C(=O)C(=O)N2c2cccc3ccccc23)ccc1O. The number of ketones is 1. The predicted octanol–water partition coefficient (Wildman–Crippen LogP) is 5.89. The van der Waals surface area contributed by atoms with Gasteiger partial charge in [0.25, 0.3) is 11.7 Å². The number of hydrogen-bond donors (Lipinski definition) is 2. The summed E-state index contributed by atoms with van der Waals surface area (Å²) in [5.41, 5.74) is 2.08. The topological polar surface area (TPSA) is 96.3 Å². The summed E-state index contributed by atoms with van der Waals surface area (Å²) in [6, 6.07) is 22.0. The minimum atomic E-state index is -0.995. The van der Waals surface area contributed by atoms with Crippen LogP contribution in [0.5, 0.6) is 17.2 Å². The van der Waals surface area contributed by atoms with Crippen molar-refractivity contribution in [1.29, 1.82) is 0 Å². The van der Waals surface area contributed by atoms with Crippen LogP contribution in [0.1, 0.15) is 29.7 Å². The highest BCUT2D eigenvalue weighted by Crippen LogP contribution is 2.46. The molecule has 1 unspecified atom stereocenters. The standard InChI is InChI=1S/C31H27NO6/c1-4-38-26-17-20(13-14-24(26)33)28-27(29(34)22-16-18(2)12-15-25(22)37-3)30(35)31(36)32(28)23-11-7-9-19-8-5-6-10-21(19)23/h5-17,28,33-34H,4H2,1-3H3/b29-27+. The van der Waals surface area contributed by atoms with Gasteiger partial charge in [0.05, 0.1) is 36.6 Å². The van der Waals surface area contributed by atoms with Gasteiger partial charge in [0.15, 0.2) is 11.5 Å². The van der Waals surface area contributed by atoms with Crippen molar-refractivity contribution in [3.63, 3.8) is 0 Å². The number of hydrogen-bond acceptors (Lipinski definition) is 6. The Hall–Kier alpha value is -4.78. The number of aryl methyl sites for hydroxylation is 1. The molecule has 0 aromatic heterocycles. The third kappa shape index (κ3) is 4.12. The van der Waals surface area contributed by atoms with Gasteiger partial charge in [-0.3, -0.25) is 14.5 Å². The Balaban J connectivity index is 1.82. The van der Waals surface area contributed by atoms with Crippen molar-refractivity contribution in [3.05, 3.63) is 101 Å². The van der Waals surface area contributed by atoms with E-state index in [-0.39, 0.29) is 22.8 Å². The van der Waals surface area contributed by atoms with E-state index in [1.54, 1.807) is 37.3 Å². The molecule has 192 valence electrons. The first kappa shape index (κ1) is 24.9. The maximum Gasteiger partial charge on any atom is 0.300 e. The lowest BCUT2D eigenvalue weighted by Crippen LogP contribution is -2.29. The van der Waals surface area contributed by atoms with Crippen LogP contribution in [0.2, 0.25) is 0 Å². The second-order valence-electron chi connectivity index (χ2n) is 9.03. The molecule has 0 spiro atoms. The number of aromatic hydroxyl groups is 1. The summed E-state index contributed by atoms with van der Waals surface area (Å²) < 4.78 is 11.1. The lowest BCUT2D eigenvalue weighted by molar-refractivity contribution is -0.132. The summed E-state index contributed by atoms with van der Waals surface area (Å²) >= 11 is 0. The fourth-order valence-electron chi connectivity index (χ4n) is 4.94. The zero-order chi connectivity index (χ0) is 27.0. The van der Waals surface area contributed by atoms with Crippen molar-refractivity contribution >= 4 is 33.9 Å². The molecular weight excluding hydrogens is 482 g/mol. The number of benzene rings is 4. The number of carbonyl (C=O) groups excluding carboxylic acids is 2. The van der Waals surface area contributed by atoms with Crippen LogP contribution in [0, 0.1) is 6.92 Å². The molecule has 1 aliphatic rings. The molecule has 1 aliphatic heterocycles. The molecule has 38 heavy (non-hydrogen) atoms. The zero-order valence-corrected chi connectivity index (χ0v) is 21.3. The van der Waals surface area contributed by atoms with Gasteiger partial charge in [-0.1, -0.05) is 54.1 Å². The number of phenols is 1. The average Bonchev–Trinajstić information content (AvgIpc) is 3.19. The largest absolute Gasteiger partial charge is 0.507 e. The Kier molecular flexibility index (Phi) is 6.51. The number of rotatable bonds is 6. The van der Waals surface area contributed by atoms with Gasteiger partial charge in [-0.15, -0.1) is 0 Å². The third-order valence-electron chi connectivity index (χ3n) is 6.68. The molecule has 1 atom stereocenters. The molecule has 5 rings (SSSR count). The van der Waals surface area contributed by atoms with Gasteiger partial charge in [0, 0.05) is 5.39 Å². The molecule has 4 aromatic carbocycles. The molecule has 1 saturated heterocycles. The summed E-state index contributed by atoms with van der Waals surface area (Å²) in [5.74, 6) is -1.44. The van der Waals surface area contributed by atoms with Crippen molar-refractivity contribution < 1.29 is 29.3 Å². The molecule has 4 aromatic rings. The van der Waals surface area contributed by atoms with E-state index in [1.807, 2.05) is 49.4 Å². The third-order valence-corrected chi connectivity index (χ3v) is 6.68. The highest BCUT2D eigenvalue weighted by molar-refractivity contribution is 6.52. The molecule has 1 amide bonds. The molecular formula is C31H27NO6. The summed E-state index contributed by atoms with van der Waals surface area (Å²) in [5, 5.41) is 23.6. The Morgan fingerprint density at radius 3 is 2.47 bits per heavy atom. The van der Waals surface area contributed by atoms with E-state index in [1.165, 1.54) is 18.1 Å². The van der Waals surface area contributed by atoms with E-state index in [0.29, 0.717) is 29.2 Å². The van der Waals surface area contributed by atoms with Crippen LogP contribution in [-0.2, 0) is 9.59 Å². The molecule has 1 fully saturated rings. The number of methoxy groups -OCH3 is 1. The first-order valence-corrected chi connectivity index (χ1v) is 12.2. The molecule has 1 heterocycles. The molecule has 7 heteroatoms. The van der Waals surface area contributed by atoms with Gasteiger partial charge in [-0.25, -0.2) is 0 Å². The predicted molar refractivity (Wildman–Crippen MR) is 146 cm³/mol. The molecule has 0 aliphatic carbocycles. The number of amides is 1. The van der Waals surface area contributed by atoms with Crippen LogP contribution in [0.4, 0.5) is 5.69 Å². The van der Waals surface area contributed by atoms with Gasteiger partial charge < -0.3 is 19.7 Å². The van der Waals surface area contributed by atoms with E-state index in [9.17, 15) is 19.8 Å². The van der Waals surface area contributed by atoms with Gasteiger partial charge >= 0.3 is 0 Å².